The lowest BCUT2D eigenvalue weighted by atomic mass is 10.1. The standard InChI is InChI=1S/C24H22N4O8S2/c1-14-5-9-16(10-6-14)37(31,32)28(38(33,34)17-11-7-15(2)8-12-17)21-18-13-25-27-22(18)26-20(24(30)36-4)19(21)23(29)35-3/h5-13H,1-4H3,(H,25,26,27). The number of fused-ring (bicyclic) bond motifs is 1. The third kappa shape index (κ3) is 4.48. The summed E-state index contributed by atoms with van der Waals surface area (Å²) in [6.07, 6.45) is 1.09. The molecule has 2 aromatic carbocycles. The van der Waals surface area contributed by atoms with Gasteiger partial charge in [0.05, 0.1) is 41.3 Å². The van der Waals surface area contributed by atoms with Gasteiger partial charge in [0.25, 0.3) is 20.0 Å². The molecule has 0 spiro atoms. The van der Waals surface area contributed by atoms with E-state index in [1.807, 2.05) is 0 Å². The van der Waals surface area contributed by atoms with E-state index < -0.39 is 48.9 Å². The zero-order valence-electron chi connectivity index (χ0n) is 20.6. The molecule has 0 saturated heterocycles. The normalized spacial score (nSPS) is 11.8. The number of pyridine rings is 1. The second-order valence-electron chi connectivity index (χ2n) is 8.13. The molecule has 0 fully saturated rings. The van der Waals surface area contributed by atoms with Crippen LogP contribution in [-0.4, -0.2) is 58.2 Å². The van der Waals surface area contributed by atoms with Crippen molar-refractivity contribution in [2.24, 2.45) is 0 Å². The van der Waals surface area contributed by atoms with E-state index in [9.17, 15) is 26.4 Å². The van der Waals surface area contributed by atoms with E-state index in [0.29, 0.717) is 0 Å². The molecular weight excluding hydrogens is 536 g/mol. The van der Waals surface area contributed by atoms with E-state index in [-0.39, 0.29) is 24.5 Å². The molecule has 0 amide bonds. The van der Waals surface area contributed by atoms with Gasteiger partial charge in [-0.15, -0.1) is 0 Å². The molecule has 0 aliphatic carbocycles. The molecule has 0 saturated carbocycles. The first-order valence-electron chi connectivity index (χ1n) is 10.9. The lowest BCUT2D eigenvalue weighted by molar-refractivity contribution is 0.0551. The number of ether oxygens (including phenoxy) is 2. The Kier molecular flexibility index (Phi) is 6.95. The summed E-state index contributed by atoms with van der Waals surface area (Å²) >= 11 is 0. The molecule has 0 aliphatic heterocycles. The first-order valence-corrected chi connectivity index (χ1v) is 13.8. The van der Waals surface area contributed by atoms with Gasteiger partial charge in [-0.25, -0.2) is 31.4 Å². The monoisotopic (exact) mass is 558 g/mol. The highest BCUT2D eigenvalue weighted by molar-refractivity contribution is 8.10. The number of carbonyl (C=O) groups excluding carboxylic acids is 2. The minimum absolute atomic E-state index is 0.105. The first-order chi connectivity index (χ1) is 17.9. The summed E-state index contributed by atoms with van der Waals surface area (Å²) in [4.78, 5) is 29.0. The molecule has 4 rings (SSSR count). The maximum atomic E-state index is 14.1. The summed E-state index contributed by atoms with van der Waals surface area (Å²) in [5, 5.41) is 6.12. The van der Waals surface area contributed by atoms with Gasteiger partial charge in [0.2, 0.25) is 0 Å². The van der Waals surface area contributed by atoms with E-state index in [0.717, 1.165) is 31.5 Å². The summed E-state index contributed by atoms with van der Waals surface area (Å²) in [5.74, 6) is -2.36. The van der Waals surface area contributed by atoms with E-state index in [2.05, 4.69) is 15.2 Å². The van der Waals surface area contributed by atoms with E-state index in [1.165, 1.54) is 48.5 Å². The summed E-state index contributed by atoms with van der Waals surface area (Å²) in [5.41, 5.74) is -0.829. The molecule has 0 aliphatic rings. The lowest BCUT2D eigenvalue weighted by Gasteiger charge is -2.26. The molecule has 198 valence electrons. The quantitative estimate of drug-likeness (QED) is 0.333. The Morgan fingerprint density at radius 3 is 1.71 bits per heavy atom. The van der Waals surface area contributed by atoms with Crippen molar-refractivity contribution >= 4 is 48.7 Å². The Balaban J connectivity index is 2.21. The SMILES string of the molecule is COC(=O)c1nc2[nH]ncc2c(N(S(=O)(=O)c2ccc(C)cc2)S(=O)(=O)c2ccc(C)cc2)c1C(=O)OC. The number of carbonyl (C=O) groups is 2. The second-order valence-corrected chi connectivity index (χ2v) is 11.9. The zero-order chi connectivity index (χ0) is 27.8. The predicted octanol–water partition coefficient (Wildman–Crippen LogP) is 2.73. The fraction of sp³-hybridized carbons (Fsp3) is 0.167. The van der Waals surface area contributed by atoms with Crippen LogP contribution in [0.15, 0.2) is 64.5 Å². The van der Waals surface area contributed by atoms with Crippen LogP contribution in [0.3, 0.4) is 0 Å². The number of nitrogens with one attached hydrogen (secondary N) is 1. The average Bonchev–Trinajstić information content (AvgIpc) is 3.36. The van der Waals surface area contributed by atoms with Gasteiger partial charge in [0, 0.05) is 0 Å². The lowest BCUT2D eigenvalue weighted by Crippen LogP contribution is -2.39. The molecule has 4 aromatic rings. The number of aromatic nitrogens is 3. The van der Waals surface area contributed by atoms with Gasteiger partial charge in [-0.3, -0.25) is 5.10 Å². The van der Waals surface area contributed by atoms with Crippen molar-refractivity contribution in [3.05, 3.63) is 77.1 Å². The van der Waals surface area contributed by atoms with Crippen molar-refractivity contribution in [2.45, 2.75) is 23.6 Å². The molecule has 2 heterocycles. The fourth-order valence-corrected chi connectivity index (χ4v) is 7.42. The summed E-state index contributed by atoms with van der Waals surface area (Å²) in [6.45, 7) is 3.46. The smallest absolute Gasteiger partial charge is 0.357 e. The number of esters is 2. The molecule has 0 bridgehead atoms. The van der Waals surface area contributed by atoms with Crippen LogP contribution in [0.1, 0.15) is 32.0 Å². The maximum absolute atomic E-state index is 14.1. The number of aromatic amines is 1. The molecular formula is C24H22N4O8S2. The number of sulfonamides is 2. The predicted molar refractivity (Wildman–Crippen MR) is 136 cm³/mol. The van der Waals surface area contributed by atoms with Crippen molar-refractivity contribution in [2.75, 3.05) is 17.9 Å². The molecule has 0 radical (unpaired) electrons. The molecule has 0 atom stereocenters. The number of rotatable bonds is 7. The second kappa shape index (κ2) is 9.87. The van der Waals surface area contributed by atoms with Crippen LogP contribution in [0.2, 0.25) is 0 Å². The van der Waals surface area contributed by atoms with Gasteiger partial charge < -0.3 is 9.47 Å². The van der Waals surface area contributed by atoms with E-state index in [4.69, 9.17) is 9.47 Å². The number of hydrogen-bond donors (Lipinski definition) is 1. The highest BCUT2D eigenvalue weighted by Gasteiger charge is 2.43. The number of anilines is 1. The molecule has 0 unspecified atom stereocenters. The topological polar surface area (TPSA) is 166 Å². The molecule has 38 heavy (non-hydrogen) atoms. The third-order valence-corrected chi connectivity index (χ3v) is 9.75. The number of hydrogen-bond acceptors (Lipinski definition) is 10. The average molecular weight is 559 g/mol. The zero-order valence-corrected chi connectivity index (χ0v) is 22.3. The molecule has 12 nitrogen and oxygen atoms in total. The number of benzene rings is 2. The minimum Gasteiger partial charge on any atom is -0.465 e. The summed E-state index contributed by atoms with van der Waals surface area (Å²) in [7, 11) is -7.90. The summed E-state index contributed by atoms with van der Waals surface area (Å²) < 4.78 is 66.2. The number of methoxy groups -OCH3 is 2. The van der Waals surface area contributed by atoms with Crippen LogP contribution in [0.4, 0.5) is 5.69 Å². The van der Waals surface area contributed by atoms with Crippen LogP contribution in [-0.2, 0) is 29.5 Å². The van der Waals surface area contributed by atoms with Crippen molar-refractivity contribution in [3.8, 4) is 0 Å². The van der Waals surface area contributed by atoms with Gasteiger partial charge in [-0.2, -0.15) is 8.81 Å². The van der Waals surface area contributed by atoms with Crippen molar-refractivity contribution < 1.29 is 35.9 Å². The Morgan fingerprint density at radius 1 is 0.789 bits per heavy atom. The van der Waals surface area contributed by atoms with E-state index >= 15 is 0 Å². The maximum Gasteiger partial charge on any atom is 0.357 e. The van der Waals surface area contributed by atoms with Crippen LogP contribution in [0.25, 0.3) is 11.0 Å². The highest BCUT2D eigenvalue weighted by atomic mass is 32.3. The van der Waals surface area contributed by atoms with Crippen LogP contribution in [0.5, 0.6) is 0 Å². The van der Waals surface area contributed by atoms with Crippen molar-refractivity contribution in [3.63, 3.8) is 0 Å². The highest BCUT2D eigenvalue weighted by Crippen LogP contribution is 2.39. The van der Waals surface area contributed by atoms with Crippen LogP contribution >= 0.6 is 0 Å². The fourth-order valence-electron chi connectivity index (χ4n) is 3.66. The van der Waals surface area contributed by atoms with Gasteiger partial charge in [-0.1, -0.05) is 35.4 Å². The Hall–Kier alpha value is -4.30. The Bertz CT molecular complexity index is 1690. The van der Waals surface area contributed by atoms with Crippen LogP contribution in [0, 0.1) is 13.8 Å². The third-order valence-electron chi connectivity index (χ3n) is 5.60. The Morgan fingerprint density at radius 2 is 1.26 bits per heavy atom. The van der Waals surface area contributed by atoms with Crippen LogP contribution < -0.4 is 3.71 Å². The first kappa shape index (κ1) is 26.8. The van der Waals surface area contributed by atoms with E-state index in [1.54, 1.807) is 13.8 Å². The molecule has 2 aromatic heterocycles. The van der Waals surface area contributed by atoms with Gasteiger partial charge >= 0.3 is 11.9 Å². The molecule has 1 N–H and O–H groups in total. The van der Waals surface area contributed by atoms with Crippen molar-refractivity contribution in [1.29, 1.82) is 0 Å². The number of aryl methyl sites for hydroxylation is 2. The largest absolute Gasteiger partial charge is 0.465 e. The van der Waals surface area contributed by atoms with Gasteiger partial charge in [0.15, 0.2) is 11.3 Å². The van der Waals surface area contributed by atoms with Crippen molar-refractivity contribution in [1.82, 2.24) is 15.2 Å². The Labute approximate surface area is 218 Å². The summed E-state index contributed by atoms with van der Waals surface area (Å²) in [6, 6.07) is 10.9. The van der Waals surface area contributed by atoms with Gasteiger partial charge in [-0.05, 0) is 38.1 Å². The minimum atomic E-state index is -4.95. The number of nitrogens with zero attached hydrogens (tertiary/aromatic N) is 3. The number of H-pyrrole nitrogens is 1. The van der Waals surface area contributed by atoms with Gasteiger partial charge in [0.1, 0.15) is 5.56 Å². The molecule has 14 heteroatoms.